The van der Waals surface area contributed by atoms with E-state index in [0.29, 0.717) is 5.92 Å². The number of nitrogens with zero attached hydrogens (tertiary/aromatic N) is 2. The van der Waals surface area contributed by atoms with E-state index in [4.69, 9.17) is 10.5 Å². The molecule has 0 saturated carbocycles. The molecule has 4 nitrogen and oxygen atoms in total. The molecule has 1 atom stereocenters. The van der Waals surface area contributed by atoms with Crippen molar-refractivity contribution < 1.29 is 4.74 Å². The van der Waals surface area contributed by atoms with Crippen LogP contribution in [0.4, 0.5) is 5.82 Å². The van der Waals surface area contributed by atoms with Crippen LogP contribution in [0.1, 0.15) is 31.4 Å². The first-order chi connectivity index (χ1) is 8.70. The van der Waals surface area contributed by atoms with Gasteiger partial charge in [-0.3, -0.25) is 0 Å². The van der Waals surface area contributed by atoms with Crippen molar-refractivity contribution in [3.05, 3.63) is 23.9 Å². The molecule has 1 unspecified atom stereocenters. The van der Waals surface area contributed by atoms with Gasteiger partial charge in [-0.25, -0.2) is 4.98 Å². The van der Waals surface area contributed by atoms with Crippen molar-refractivity contribution in [2.75, 3.05) is 31.7 Å². The number of hydrogen-bond acceptors (Lipinski definition) is 4. The van der Waals surface area contributed by atoms with Gasteiger partial charge in [-0.05, 0) is 37.3 Å². The molecule has 2 N–H and O–H groups in total. The second-order valence-corrected chi connectivity index (χ2v) is 5.12. The van der Waals surface area contributed by atoms with Gasteiger partial charge in [0, 0.05) is 39.0 Å². The summed E-state index contributed by atoms with van der Waals surface area (Å²) in [5.41, 5.74) is 6.92. The van der Waals surface area contributed by atoms with Crippen LogP contribution in [0.2, 0.25) is 0 Å². The molecule has 1 aromatic rings. The average Bonchev–Trinajstić information content (AvgIpc) is 2.40. The van der Waals surface area contributed by atoms with Crippen molar-refractivity contribution in [1.82, 2.24) is 4.98 Å². The zero-order chi connectivity index (χ0) is 13.0. The van der Waals surface area contributed by atoms with Gasteiger partial charge in [0.25, 0.3) is 0 Å². The smallest absolute Gasteiger partial charge is 0.128 e. The highest BCUT2D eigenvalue weighted by Crippen LogP contribution is 2.22. The molecule has 18 heavy (non-hydrogen) atoms. The van der Waals surface area contributed by atoms with Crippen molar-refractivity contribution in [3.63, 3.8) is 0 Å². The number of hydrogen-bond donors (Lipinski definition) is 1. The number of rotatable bonds is 4. The fourth-order valence-corrected chi connectivity index (χ4v) is 2.42. The Hall–Kier alpha value is -1.13. The summed E-state index contributed by atoms with van der Waals surface area (Å²) in [5, 5.41) is 0. The molecule has 0 radical (unpaired) electrons. The van der Waals surface area contributed by atoms with Crippen molar-refractivity contribution in [2.24, 2.45) is 11.7 Å². The number of pyridine rings is 1. The number of anilines is 1. The highest BCUT2D eigenvalue weighted by molar-refractivity contribution is 5.40. The normalized spacial score (nSPS) is 18.9. The maximum atomic E-state index is 5.83. The fraction of sp³-hybridized carbons (Fsp3) is 0.643. The van der Waals surface area contributed by atoms with Crippen LogP contribution in [-0.4, -0.2) is 31.8 Å². The van der Waals surface area contributed by atoms with E-state index in [2.05, 4.69) is 22.0 Å². The lowest BCUT2D eigenvalue weighted by Gasteiger charge is -2.32. The first kappa shape index (κ1) is 13.3. The SMILES string of the molecule is COCC1CCN(c2ccc(C(C)N)cn2)CC1. The summed E-state index contributed by atoms with van der Waals surface area (Å²) in [4.78, 5) is 6.85. The van der Waals surface area contributed by atoms with E-state index in [9.17, 15) is 0 Å². The molecular weight excluding hydrogens is 226 g/mol. The Morgan fingerprint density at radius 1 is 1.44 bits per heavy atom. The van der Waals surface area contributed by atoms with Gasteiger partial charge in [0.1, 0.15) is 5.82 Å². The van der Waals surface area contributed by atoms with Crippen LogP contribution in [0, 0.1) is 5.92 Å². The molecule has 0 bridgehead atoms. The molecule has 0 aliphatic carbocycles. The van der Waals surface area contributed by atoms with E-state index in [1.807, 2.05) is 13.1 Å². The quantitative estimate of drug-likeness (QED) is 0.886. The van der Waals surface area contributed by atoms with Crippen molar-refractivity contribution in [1.29, 1.82) is 0 Å². The standard InChI is InChI=1S/C14H23N3O/c1-11(15)13-3-4-14(16-9-13)17-7-5-12(6-8-17)10-18-2/h3-4,9,11-12H,5-8,10,15H2,1-2H3. The zero-order valence-electron chi connectivity index (χ0n) is 11.3. The van der Waals surface area contributed by atoms with Crippen molar-refractivity contribution in [2.45, 2.75) is 25.8 Å². The van der Waals surface area contributed by atoms with Gasteiger partial charge in [0.05, 0.1) is 0 Å². The number of ether oxygens (including phenoxy) is 1. The third kappa shape index (κ3) is 3.21. The summed E-state index contributed by atoms with van der Waals surface area (Å²) in [6, 6.07) is 4.21. The Morgan fingerprint density at radius 3 is 2.67 bits per heavy atom. The van der Waals surface area contributed by atoms with Gasteiger partial charge in [0.15, 0.2) is 0 Å². The van der Waals surface area contributed by atoms with Crippen molar-refractivity contribution in [3.8, 4) is 0 Å². The first-order valence-corrected chi connectivity index (χ1v) is 6.66. The Morgan fingerprint density at radius 2 is 2.17 bits per heavy atom. The molecule has 4 heteroatoms. The topological polar surface area (TPSA) is 51.4 Å². The molecule has 0 aromatic carbocycles. The van der Waals surface area contributed by atoms with Crippen molar-refractivity contribution >= 4 is 5.82 Å². The van der Waals surface area contributed by atoms with Gasteiger partial charge in [-0.1, -0.05) is 6.07 Å². The average molecular weight is 249 g/mol. The Balaban J connectivity index is 1.93. The molecule has 0 spiro atoms. The van der Waals surface area contributed by atoms with E-state index in [1.165, 1.54) is 12.8 Å². The highest BCUT2D eigenvalue weighted by Gasteiger charge is 2.19. The molecule has 1 saturated heterocycles. The number of methoxy groups -OCH3 is 1. The lowest BCUT2D eigenvalue weighted by molar-refractivity contribution is 0.139. The lowest BCUT2D eigenvalue weighted by Crippen LogP contribution is -2.35. The molecule has 100 valence electrons. The maximum Gasteiger partial charge on any atom is 0.128 e. The number of piperidine rings is 1. The van der Waals surface area contributed by atoms with E-state index < -0.39 is 0 Å². The fourth-order valence-electron chi connectivity index (χ4n) is 2.42. The third-order valence-corrected chi connectivity index (χ3v) is 3.64. The Labute approximate surface area is 109 Å². The summed E-state index contributed by atoms with van der Waals surface area (Å²) in [6.45, 7) is 4.99. The minimum absolute atomic E-state index is 0.0546. The number of nitrogens with two attached hydrogens (primary N) is 1. The largest absolute Gasteiger partial charge is 0.384 e. The summed E-state index contributed by atoms with van der Waals surface area (Å²) >= 11 is 0. The minimum atomic E-state index is 0.0546. The first-order valence-electron chi connectivity index (χ1n) is 6.66. The summed E-state index contributed by atoms with van der Waals surface area (Å²) in [7, 11) is 1.78. The molecule has 1 fully saturated rings. The summed E-state index contributed by atoms with van der Waals surface area (Å²) in [5.74, 6) is 1.77. The van der Waals surface area contributed by atoms with E-state index in [1.54, 1.807) is 7.11 Å². The third-order valence-electron chi connectivity index (χ3n) is 3.64. The predicted molar refractivity (Wildman–Crippen MR) is 73.7 cm³/mol. The summed E-state index contributed by atoms with van der Waals surface area (Å²) in [6.07, 6.45) is 4.26. The molecule has 2 rings (SSSR count). The maximum absolute atomic E-state index is 5.83. The van der Waals surface area contributed by atoms with E-state index in [0.717, 1.165) is 31.1 Å². The van der Waals surface area contributed by atoms with Gasteiger partial charge < -0.3 is 15.4 Å². The van der Waals surface area contributed by atoms with Gasteiger partial charge in [-0.2, -0.15) is 0 Å². The summed E-state index contributed by atoms with van der Waals surface area (Å²) < 4.78 is 5.22. The second-order valence-electron chi connectivity index (χ2n) is 5.12. The van der Waals surface area contributed by atoms with Crippen LogP contribution in [0.3, 0.4) is 0 Å². The molecular formula is C14H23N3O. The van der Waals surface area contributed by atoms with E-state index >= 15 is 0 Å². The van der Waals surface area contributed by atoms with Gasteiger partial charge in [-0.15, -0.1) is 0 Å². The molecule has 0 amide bonds. The lowest BCUT2D eigenvalue weighted by atomic mass is 9.98. The highest BCUT2D eigenvalue weighted by atomic mass is 16.5. The molecule has 1 aromatic heterocycles. The van der Waals surface area contributed by atoms with Crippen LogP contribution < -0.4 is 10.6 Å². The minimum Gasteiger partial charge on any atom is -0.384 e. The molecule has 1 aliphatic heterocycles. The van der Waals surface area contributed by atoms with Crippen LogP contribution in [0.15, 0.2) is 18.3 Å². The number of aromatic nitrogens is 1. The Bertz CT molecular complexity index is 356. The Kier molecular flexibility index (Phi) is 4.55. The van der Waals surface area contributed by atoms with Crippen LogP contribution in [0.25, 0.3) is 0 Å². The molecule has 2 heterocycles. The van der Waals surface area contributed by atoms with E-state index in [-0.39, 0.29) is 6.04 Å². The monoisotopic (exact) mass is 249 g/mol. The van der Waals surface area contributed by atoms with Crippen LogP contribution in [0.5, 0.6) is 0 Å². The second kappa shape index (κ2) is 6.16. The zero-order valence-corrected chi connectivity index (χ0v) is 11.3. The molecule has 1 aliphatic rings. The van der Waals surface area contributed by atoms with Crippen LogP contribution in [-0.2, 0) is 4.74 Å². The predicted octanol–water partition coefficient (Wildman–Crippen LogP) is 1.96. The van der Waals surface area contributed by atoms with Crippen LogP contribution >= 0.6 is 0 Å². The van der Waals surface area contributed by atoms with Gasteiger partial charge >= 0.3 is 0 Å². The van der Waals surface area contributed by atoms with Gasteiger partial charge in [0.2, 0.25) is 0 Å².